The van der Waals surface area contributed by atoms with Gasteiger partial charge >= 0.3 is 0 Å². The summed E-state index contributed by atoms with van der Waals surface area (Å²) in [5, 5.41) is 14.6. The van der Waals surface area contributed by atoms with Gasteiger partial charge in [-0.3, -0.25) is 14.5 Å². The number of hydrogen-bond donors (Lipinski definition) is 2. The Labute approximate surface area is 245 Å². The summed E-state index contributed by atoms with van der Waals surface area (Å²) in [6.45, 7) is 5.22. The van der Waals surface area contributed by atoms with Gasteiger partial charge in [0.2, 0.25) is 5.91 Å². The molecule has 4 heterocycles. The number of aromatic nitrogens is 2. The van der Waals surface area contributed by atoms with E-state index >= 15 is 0 Å². The lowest BCUT2D eigenvalue weighted by molar-refractivity contribution is -0.129. The Morgan fingerprint density at radius 1 is 0.929 bits per heavy atom. The fourth-order valence-corrected chi connectivity index (χ4v) is 6.43. The third-order valence-corrected chi connectivity index (χ3v) is 8.82. The number of piperidine rings is 2. The molecule has 0 unspecified atom stereocenters. The van der Waals surface area contributed by atoms with E-state index in [1.54, 1.807) is 36.1 Å². The number of aliphatic hydroxyl groups is 1. The van der Waals surface area contributed by atoms with Crippen LogP contribution in [0.15, 0.2) is 54.6 Å². The van der Waals surface area contributed by atoms with E-state index in [9.17, 15) is 19.1 Å². The Hall–Kier alpha value is -3.89. The van der Waals surface area contributed by atoms with Gasteiger partial charge in [-0.15, -0.1) is 0 Å². The molecule has 9 nitrogen and oxygen atoms in total. The number of aliphatic hydroxyl groups excluding tert-OH is 1. The molecule has 1 aromatic heterocycles. The summed E-state index contributed by atoms with van der Waals surface area (Å²) < 4.78 is 14.8. The van der Waals surface area contributed by atoms with Gasteiger partial charge in [0.15, 0.2) is 5.82 Å². The number of β-amino-alcohol motifs (C(OH)–C–C–N with tert-alkyl or cyclic N) is 1. The van der Waals surface area contributed by atoms with Crippen molar-refractivity contribution in [3.63, 3.8) is 0 Å². The average Bonchev–Trinajstić information content (AvgIpc) is 3.00. The minimum Gasteiger partial charge on any atom is -0.390 e. The van der Waals surface area contributed by atoms with Gasteiger partial charge in [0, 0.05) is 64.3 Å². The summed E-state index contributed by atoms with van der Waals surface area (Å²) in [5.74, 6) is -0.158. The number of benzene rings is 2. The summed E-state index contributed by atoms with van der Waals surface area (Å²) in [7, 11) is 0. The molecular weight excluding hydrogens is 535 g/mol. The zero-order valence-electron chi connectivity index (χ0n) is 23.9. The van der Waals surface area contributed by atoms with Gasteiger partial charge in [0.25, 0.3) is 5.91 Å². The number of anilines is 1. The predicted octanol–water partition coefficient (Wildman–Crippen LogP) is 3.34. The smallest absolute Gasteiger partial charge is 0.272 e. The van der Waals surface area contributed by atoms with Crippen LogP contribution in [-0.2, 0) is 17.8 Å². The molecule has 0 spiro atoms. The van der Waals surface area contributed by atoms with Crippen LogP contribution < -0.4 is 5.32 Å². The third-order valence-electron chi connectivity index (χ3n) is 8.82. The monoisotopic (exact) mass is 572 g/mol. The summed E-state index contributed by atoms with van der Waals surface area (Å²) >= 11 is 0. The molecule has 10 heteroatoms. The quantitative estimate of drug-likeness (QED) is 0.484. The normalized spacial score (nSPS) is 21.6. The fraction of sp³-hybridized carbons (Fsp3) is 0.438. The molecule has 42 heavy (non-hydrogen) atoms. The zero-order valence-corrected chi connectivity index (χ0v) is 23.9. The van der Waals surface area contributed by atoms with Gasteiger partial charge in [-0.25, -0.2) is 14.4 Å². The van der Waals surface area contributed by atoms with Crippen molar-refractivity contribution in [2.24, 2.45) is 0 Å². The average molecular weight is 573 g/mol. The number of nitrogens with zero attached hydrogens (tertiary/aromatic N) is 5. The van der Waals surface area contributed by atoms with Crippen molar-refractivity contribution in [3.8, 4) is 11.4 Å². The highest BCUT2D eigenvalue weighted by Gasteiger charge is 2.36. The maximum Gasteiger partial charge on any atom is 0.272 e. The number of hydrogen-bond acceptors (Lipinski definition) is 7. The lowest BCUT2D eigenvalue weighted by Crippen LogP contribution is -2.56. The number of rotatable bonds is 5. The van der Waals surface area contributed by atoms with Crippen LogP contribution in [-0.4, -0.2) is 92.5 Å². The van der Waals surface area contributed by atoms with E-state index < -0.39 is 11.9 Å². The number of amides is 2. The molecule has 220 valence electrons. The molecule has 2 aromatic carbocycles. The maximum atomic E-state index is 14.8. The summed E-state index contributed by atoms with van der Waals surface area (Å²) in [6, 6.07) is 16.3. The lowest BCUT2D eigenvalue weighted by atomic mass is 9.94. The highest BCUT2D eigenvalue weighted by atomic mass is 19.1. The van der Waals surface area contributed by atoms with Crippen molar-refractivity contribution in [2.75, 3.05) is 38.0 Å². The second-order valence-electron chi connectivity index (χ2n) is 11.5. The third kappa shape index (κ3) is 6.00. The molecule has 0 radical (unpaired) electrons. The molecule has 3 aromatic rings. The van der Waals surface area contributed by atoms with Crippen LogP contribution in [0.3, 0.4) is 0 Å². The van der Waals surface area contributed by atoms with Gasteiger partial charge in [0.05, 0.1) is 11.7 Å². The van der Waals surface area contributed by atoms with E-state index in [0.717, 1.165) is 32.4 Å². The molecule has 2 fully saturated rings. The van der Waals surface area contributed by atoms with Crippen molar-refractivity contribution < 1.29 is 19.1 Å². The van der Waals surface area contributed by atoms with E-state index in [4.69, 9.17) is 0 Å². The van der Waals surface area contributed by atoms with Crippen molar-refractivity contribution >= 4 is 17.6 Å². The summed E-state index contributed by atoms with van der Waals surface area (Å²) in [6.07, 6.45) is 2.39. The van der Waals surface area contributed by atoms with Crippen LogP contribution in [0, 0.1) is 5.82 Å². The minimum absolute atomic E-state index is 0.0279. The van der Waals surface area contributed by atoms with E-state index in [0.29, 0.717) is 31.9 Å². The number of likely N-dealkylation sites (tertiary alicyclic amines) is 2. The van der Waals surface area contributed by atoms with Crippen molar-refractivity contribution in [1.29, 1.82) is 0 Å². The Kier molecular flexibility index (Phi) is 8.17. The first-order valence-corrected chi connectivity index (χ1v) is 14.8. The van der Waals surface area contributed by atoms with Gasteiger partial charge in [0.1, 0.15) is 17.3 Å². The van der Waals surface area contributed by atoms with Crippen LogP contribution in [0.4, 0.5) is 10.2 Å². The highest BCUT2D eigenvalue weighted by Crippen LogP contribution is 2.27. The van der Waals surface area contributed by atoms with Crippen molar-refractivity contribution in [3.05, 3.63) is 77.2 Å². The zero-order chi connectivity index (χ0) is 29.2. The molecule has 2 saturated heterocycles. The Morgan fingerprint density at radius 2 is 1.64 bits per heavy atom. The summed E-state index contributed by atoms with van der Waals surface area (Å²) in [5.41, 5.74) is 3.03. The van der Waals surface area contributed by atoms with Crippen molar-refractivity contribution in [2.45, 2.75) is 57.3 Å². The predicted molar refractivity (Wildman–Crippen MR) is 157 cm³/mol. The molecule has 2 amide bonds. The molecule has 0 bridgehead atoms. The molecule has 3 aliphatic rings. The Bertz CT molecular complexity index is 1460. The molecule has 0 saturated carbocycles. The van der Waals surface area contributed by atoms with Crippen LogP contribution in [0.2, 0.25) is 0 Å². The Morgan fingerprint density at radius 3 is 2.38 bits per heavy atom. The minimum atomic E-state index is -0.690. The van der Waals surface area contributed by atoms with Gasteiger partial charge < -0.3 is 20.2 Å². The van der Waals surface area contributed by atoms with E-state index in [2.05, 4.69) is 44.5 Å². The molecule has 3 aliphatic heterocycles. The number of nitrogens with one attached hydrogen (secondary N) is 1. The van der Waals surface area contributed by atoms with E-state index in [1.165, 1.54) is 17.2 Å². The maximum absolute atomic E-state index is 14.8. The first-order valence-electron chi connectivity index (χ1n) is 14.8. The van der Waals surface area contributed by atoms with Crippen LogP contribution in [0.1, 0.15) is 47.8 Å². The van der Waals surface area contributed by atoms with Crippen LogP contribution in [0.5, 0.6) is 0 Å². The number of carbonyl (C=O) groups excluding carboxylic acids is 2. The largest absolute Gasteiger partial charge is 0.390 e. The van der Waals surface area contributed by atoms with Gasteiger partial charge in [-0.1, -0.05) is 36.4 Å². The van der Waals surface area contributed by atoms with Gasteiger partial charge in [-0.2, -0.15) is 0 Å². The number of fused-ring (bicyclic) bond motifs is 1. The Balaban J connectivity index is 1.19. The fourth-order valence-electron chi connectivity index (χ4n) is 6.43. The molecular formula is C32H37FN6O3. The van der Waals surface area contributed by atoms with Gasteiger partial charge in [-0.05, 0) is 48.9 Å². The number of carbonyl (C=O) groups is 2. The second kappa shape index (κ2) is 12.1. The molecule has 0 aliphatic carbocycles. The lowest BCUT2D eigenvalue weighted by Gasteiger charge is -2.43. The molecule has 2 atom stereocenters. The van der Waals surface area contributed by atoms with E-state index in [1.807, 2.05) is 4.90 Å². The number of halogens is 1. The van der Waals surface area contributed by atoms with Crippen LogP contribution >= 0.6 is 0 Å². The first kappa shape index (κ1) is 28.2. The summed E-state index contributed by atoms with van der Waals surface area (Å²) in [4.78, 5) is 40.4. The molecule has 2 N–H and O–H groups in total. The first-order chi connectivity index (χ1) is 20.4. The SMILES string of the molecule is CC(=O)N1CCC(Nc2cc(C(=O)N3CC[C@H](N4CCc5ccccc5C4)[C@@H](O)C3)nc(-c3ccccc3F)n2)CC1. The van der Waals surface area contributed by atoms with Crippen LogP contribution in [0.25, 0.3) is 11.4 Å². The topological polar surface area (TPSA) is 102 Å². The molecule has 6 rings (SSSR count). The second-order valence-corrected chi connectivity index (χ2v) is 11.5. The highest BCUT2D eigenvalue weighted by molar-refractivity contribution is 5.93. The van der Waals surface area contributed by atoms with E-state index in [-0.39, 0.29) is 47.5 Å². The standard InChI is InChI=1S/C32H37FN6O3/c1-21(40)37-15-11-24(12-16-37)34-30-18-27(35-31(36-30)25-8-4-5-9-26(25)33)32(42)39-17-13-28(29(41)20-39)38-14-10-22-6-2-3-7-23(22)19-38/h2-9,18,24,28-29,41H,10-17,19-20H2,1H3,(H,34,35,36)/t28-,29-/m0/s1. The van der Waals surface area contributed by atoms with Crippen molar-refractivity contribution in [1.82, 2.24) is 24.7 Å².